The van der Waals surface area contributed by atoms with Crippen LogP contribution < -0.4 is 5.32 Å². The molecule has 3 aliphatic rings. The monoisotopic (exact) mass is 524 g/mol. The second-order valence-electron chi connectivity index (χ2n) is 9.36. The van der Waals surface area contributed by atoms with E-state index >= 15 is 0 Å². The number of ether oxygens (including phenoxy) is 1. The summed E-state index contributed by atoms with van der Waals surface area (Å²) in [6.45, 7) is 4.82. The SMILES string of the molecule is Cc1cc(Br)c(Cl)cc1NC(=O)COC(=O)[C@@H](C(C)C)N1C(=O)[C@@H]2[C@H]3CC[C@@H](C3)[C@@H]2C1=O. The third-order valence-electron chi connectivity index (χ3n) is 7.00. The Labute approximate surface area is 200 Å². The number of amides is 3. The Kier molecular flexibility index (Phi) is 6.38. The molecule has 7 nitrogen and oxygen atoms in total. The highest BCUT2D eigenvalue weighted by Gasteiger charge is 2.62. The fraction of sp³-hybridized carbons (Fsp3) is 0.565. The number of hydrogen-bond donors (Lipinski definition) is 1. The number of fused-ring (bicyclic) bond motifs is 5. The first-order valence-electron chi connectivity index (χ1n) is 10.9. The summed E-state index contributed by atoms with van der Waals surface area (Å²) in [6, 6.07) is 2.34. The van der Waals surface area contributed by atoms with Crippen LogP contribution in [0.15, 0.2) is 16.6 Å². The lowest BCUT2D eigenvalue weighted by molar-refractivity contribution is -0.162. The summed E-state index contributed by atoms with van der Waals surface area (Å²) in [5.74, 6) is -2.25. The summed E-state index contributed by atoms with van der Waals surface area (Å²) in [6.07, 6.45) is 2.86. The van der Waals surface area contributed by atoms with Crippen LogP contribution >= 0.6 is 27.5 Å². The molecule has 9 heteroatoms. The van der Waals surface area contributed by atoms with E-state index in [1.807, 2.05) is 6.92 Å². The molecule has 2 aliphatic carbocycles. The number of hydrogen-bond acceptors (Lipinski definition) is 5. The first-order valence-corrected chi connectivity index (χ1v) is 12.1. The van der Waals surface area contributed by atoms with Crippen molar-refractivity contribution in [3.8, 4) is 0 Å². The Morgan fingerprint density at radius 1 is 1.19 bits per heavy atom. The average Bonchev–Trinajstić information content (AvgIpc) is 3.40. The molecule has 172 valence electrons. The first-order chi connectivity index (χ1) is 15.1. The van der Waals surface area contributed by atoms with Gasteiger partial charge in [-0.3, -0.25) is 19.3 Å². The van der Waals surface area contributed by atoms with Crippen LogP contribution in [0.2, 0.25) is 5.02 Å². The molecule has 0 aromatic heterocycles. The summed E-state index contributed by atoms with van der Waals surface area (Å²) in [4.78, 5) is 52.6. The number of aryl methyl sites for hydroxylation is 1. The first kappa shape index (κ1) is 23.2. The van der Waals surface area contributed by atoms with Gasteiger partial charge in [0.25, 0.3) is 5.91 Å². The van der Waals surface area contributed by atoms with E-state index in [1.54, 1.807) is 26.0 Å². The van der Waals surface area contributed by atoms with Gasteiger partial charge in [0.2, 0.25) is 11.8 Å². The minimum atomic E-state index is -1.03. The second-order valence-corrected chi connectivity index (χ2v) is 10.6. The van der Waals surface area contributed by atoms with Gasteiger partial charge in [0, 0.05) is 10.2 Å². The van der Waals surface area contributed by atoms with Gasteiger partial charge in [0.15, 0.2) is 6.61 Å². The summed E-state index contributed by atoms with van der Waals surface area (Å²) in [5, 5.41) is 3.11. The highest BCUT2D eigenvalue weighted by Crippen LogP contribution is 2.56. The number of halogens is 2. The molecule has 1 N–H and O–H groups in total. The third kappa shape index (κ3) is 3.96. The molecule has 2 saturated carbocycles. The van der Waals surface area contributed by atoms with Gasteiger partial charge in [-0.2, -0.15) is 0 Å². The molecule has 2 bridgehead atoms. The number of nitrogens with zero attached hydrogens (tertiary/aromatic N) is 1. The maximum atomic E-state index is 13.1. The van der Waals surface area contributed by atoms with Gasteiger partial charge in [-0.25, -0.2) is 4.79 Å². The van der Waals surface area contributed by atoms with E-state index in [1.165, 1.54) is 0 Å². The van der Waals surface area contributed by atoms with Crippen molar-refractivity contribution in [1.29, 1.82) is 0 Å². The van der Waals surface area contributed by atoms with E-state index in [2.05, 4.69) is 21.2 Å². The van der Waals surface area contributed by atoms with Gasteiger partial charge < -0.3 is 10.1 Å². The number of imide groups is 1. The van der Waals surface area contributed by atoms with Crippen molar-refractivity contribution in [2.24, 2.45) is 29.6 Å². The number of anilines is 1. The smallest absolute Gasteiger partial charge is 0.330 e. The van der Waals surface area contributed by atoms with E-state index in [0.717, 1.165) is 29.7 Å². The van der Waals surface area contributed by atoms with Crippen molar-refractivity contribution in [2.45, 2.75) is 46.1 Å². The minimum absolute atomic E-state index is 0.238. The largest absolute Gasteiger partial charge is 0.454 e. The highest BCUT2D eigenvalue weighted by molar-refractivity contribution is 9.10. The zero-order chi connectivity index (χ0) is 23.3. The van der Waals surface area contributed by atoms with E-state index in [9.17, 15) is 19.2 Å². The third-order valence-corrected chi connectivity index (χ3v) is 8.20. The van der Waals surface area contributed by atoms with Crippen molar-refractivity contribution >= 4 is 56.9 Å². The molecule has 4 rings (SSSR count). The average molecular weight is 526 g/mol. The number of carbonyl (C=O) groups is 4. The molecule has 1 aromatic rings. The number of likely N-dealkylation sites (tertiary alicyclic amines) is 1. The van der Waals surface area contributed by atoms with E-state index < -0.39 is 24.5 Å². The standard InChI is InChI=1S/C23H26BrClN2O5/c1-10(2)20(27-21(29)18-12-4-5-13(7-12)19(18)22(27)30)23(31)32-9-17(28)26-16-8-15(25)14(24)6-11(16)3/h6,8,10,12-13,18-20H,4-5,7,9H2,1-3H3,(H,26,28)/t12-,13-,18-,19+,20+/m0/s1. The van der Waals surface area contributed by atoms with E-state index in [-0.39, 0.29) is 41.4 Å². The predicted molar refractivity (Wildman–Crippen MR) is 122 cm³/mol. The van der Waals surface area contributed by atoms with Gasteiger partial charge in [-0.1, -0.05) is 25.4 Å². The molecule has 5 atom stereocenters. The second kappa shape index (κ2) is 8.78. The molecule has 3 amide bonds. The van der Waals surface area contributed by atoms with Crippen LogP contribution in [0.5, 0.6) is 0 Å². The highest BCUT2D eigenvalue weighted by atomic mass is 79.9. The van der Waals surface area contributed by atoms with Crippen molar-refractivity contribution in [3.05, 3.63) is 27.2 Å². The van der Waals surface area contributed by atoms with E-state index in [0.29, 0.717) is 15.2 Å². The number of rotatable bonds is 6. The van der Waals surface area contributed by atoms with Crippen LogP contribution in [0.3, 0.4) is 0 Å². The van der Waals surface area contributed by atoms with Gasteiger partial charge in [0.1, 0.15) is 6.04 Å². The van der Waals surface area contributed by atoms with Gasteiger partial charge in [-0.15, -0.1) is 0 Å². The van der Waals surface area contributed by atoms with Crippen LogP contribution in [0, 0.1) is 36.5 Å². The Balaban J connectivity index is 1.42. The maximum Gasteiger partial charge on any atom is 0.330 e. The lowest BCUT2D eigenvalue weighted by atomic mass is 9.81. The van der Waals surface area contributed by atoms with Gasteiger partial charge >= 0.3 is 5.97 Å². The quantitative estimate of drug-likeness (QED) is 0.448. The number of esters is 1. The van der Waals surface area contributed by atoms with Crippen molar-refractivity contribution in [1.82, 2.24) is 4.90 Å². The molecule has 0 spiro atoms. The lowest BCUT2D eigenvalue weighted by Crippen LogP contribution is -2.50. The Morgan fingerprint density at radius 2 is 1.78 bits per heavy atom. The fourth-order valence-electron chi connectivity index (χ4n) is 5.57. The number of carbonyl (C=O) groups excluding carboxylic acids is 4. The normalized spacial score (nSPS) is 27.1. The molecule has 1 saturated heterocycles. The zero-order valence-electron chi connectivity index (χ0n) is 18.2. The van der Waals surface area contributed by atoms with Crippen LogP contribution in [0.4, 0.5) is 5.69 Å². The van der Waals surface area contributed by atoms with Crippen molar-refractivity contribution in [2.75, 3.05) is 11.9 Å². The Bertz CT molecular complexity index is 969. The van der Waals surface area contributed by atoms with Crippen molar-refractivity contribution < 1.29 is 23.9 Å². The van der Waals surface area contributed by atoms with Crippen LogP contribution in [0.1, 0.15) is 38.7 Å². The van der Waals surface area contributed by atoms with E-state index in [4.69, 9.17) is 16.3 Å². The molecular formula is C23H26BrClN2O5. The summed E-state index contributed by atoms with van der Waals surface area (Å²) in [5.41, 5.74) is 1.29. The van der Waals surface area contributed by atoms with Gasteiger partial charge in [0.05, 0.1) is 16.9 Å². The predicted octanol–water partition coefficient (Wildman–Crippen LogP) is 3.95. The summed E-state index contributed by atoms with van der Waals surface area (Å²) < 4.78 is 5.96. The van der Waals surface area contributed by atoms with Gasteiger partial charge in [-0.05, 0) is 77.6 Å². The summed E-state index contributed by atoms with van der Waals surface area (Å²) in [7, 11) is 0. The zero-order valence-corrected chi connectivity index (χ0v) is 20.5. The fourth-order valence-corrected chi connectivity index (χ4v) is 6.19. The number of benzene rings is 1. The van der Waals surface area contributed by atoms with Crippen LogP contribution in [-0.4, -0.2) is 41.2 Å². The van der Waals surface area contributed by atoms with Crippen molar-refractivity contribution in [3.63, 3.8) is 0 Å². The molecule has 3 fully saturated rings. The topological polar surface area (TPSA) is 92.8 Å². The summed E-state index contributed by atoms with van der Waals surface area (Å²) >= 11 is 9.41. The van der Waals surface area contributed by atoms with Crippen LogP contribution in [-0.2, 0) is 23.9 Å². The molecule has 1 aliphatic heterocycles. The Hall–Kier alpha value is -1.93. The molecule has 0 radical (unpaired) electrons. The molecule has 0 unspecified atom stereocenters. The Morgan fingerprint density at radius 3 is 2.34 bits per heavy atom. The molecular weight excluding hydrogens is 500 g/mol. The molecule has 32 heavy (non-hydrogen) atoms. The van der Waals surface area contributed by atoms with Crippen LogP contribution in [0.25, 0.3) is 0 Å². The molecule has 1 aromatic carbocycles. The lowest BCUT2D eigenvalue weighted by Gasteiger charge is -2.28. The maximum absolute atomic E-state index is 13.1. The number of nitrogens with one attached hydrogen (secondary N) is 1. The molecule has 1 heterocycles. The minimum Gasteiger partial charge on any atom is -0.454 e.